The molecule has 0 atom stereocenters. The highest BCUT2D eigenvalue weighted by Crippen LogP contribution is 2.18. The molecule has 0 unspecified atom stereocenters. The summed E-state index contributed by atoms with van der Waals surface area (Å²) >= 11 is 3.20. The van der Waals surface area contributed by atoms with E-state index < -0.39 is 20.7 Å². The zero-order valence-electron chi connectivity index (χ0n) is 9.82. The Labute approximate surface area is 110 Å². The minimum absolute atomic E-state index is 0.292. The van der Waals surface area contributed by atoms with E-state index in [0.29, 0.717) is 10.0 Å². The number of halogens is 1. The van der Waals surface area contributed by atoms with E-state index in [4.69, 9.17) is 0 Å². The van der Waals surface area contributed by atoms with Gasteiger partial charge in [0.2, 0.25) is 10.0 Å². The second-order valence-electron chi connectivity index (χ2n) is 4.53. The first-order valence-electron chi connectivity index (χ1n) is 4.96. The van der Waals surface area contributed by atoms with Crippen LogP contribution in [0, 0.1) is 0 Å². The number of carbonyl (C=O) groups is 1. The number of sulfonamides is 1. The van der Waals surface area contributed by atoms with Crippen LogP contribution in [0.25, 0.3) is 0 Å². The maximum Gasteiger partial charge on any atom is 0.265 e. The first-order valence-corrected chi connectivity index (χ1v) is 7.24. The molecule has 6 heteroatoms. The van der Waals surface area contributed by atoms with Gasteiger partial charge in [0.1, 0.15) is 0 Å². The van der Waals surface area contributed by atoms with Gasteiger partial charge in [-0.25, -0.2) is 13.1 Å². The van der Waals surface area contributed by atoms with Crippen LogP contribution in [-0.2, 0) is 10.0 Å². The summed E-state index contributed by atoms with van der Waals surface area (Å²) in [6, 6.07) is 6.65. The molecule has 0 aliphatic rings. The highest BCUT2D eigenvalue weighted by atomic mass is 79.9. The molecule has 0 aromatic heterocycles. The molecule has 0 spiro atoms. The summed E-state index contributed by atoms with van der Waals surface area (Å²) < 4.78 is 25.2. The Bertz CT molecular complexity index is 532. The Balaban J connectivity index is 3.00. The molecule has 0 saturated heterocycles. The lowest BCUT2D eigenvalue weighted by molar-refractivity contribution is 0.0980. The maximum absolute atomic E-state index is 11.8. The fourth-order valence-corrected chi connectivity index (χ4v) is 2.10. The second-order valence-corrected chi connectivity index (χ2v) is 7.82. The molecule has 0 heterocycles. The number of carbonyl (C=O) groups excluding carboxylic acids is 1. The molecule has 4 nitrogen and oxygen atoms in total. The van der Waals surface area contributed by atoms with Crippen molar-refractivity contribution in [2.24, 2.45) is 0 Å². The van der Waals surface area contributed by atoms with E-state index in [0.717, 1.165) is 0 Å². The monoisotopic (exact) mass is 319 g/mol. The molecule has 0 bridgehead atoms. The summed E-state index contributed by atoms with van der Waals surface area (Å²) in [6.07, 6.45) is 0. The molecule has 1 rings (SSSR count). The van der Waals surface area contributed by atoms with Crippen LogP contribution in [0.15, 0.2) is 28.7 Å². The molecule has 1 amide bonds. The lowest BCUT2D eigenvalue weighted by atomic mass is 10.2. The maximum atomic E-state index is 11.8. The van der Waals surface area contributed by atoms with Crippen LogP contribution in [0.3, 0.4) is 0 Å². The molecular formula is C11H14BrNO3S. The second kappa shape index (κ2) is 4.78. The van der Waals surface area contributed by atoms with Gasteiger partial charge in [0, 0.05) is 4.47 Å². The number of benzene rings is 1. The summed E-state index contributed by atoms with van der Waals surface area (Å²) in [5.74, 6) is -0.632. The average Bonchev–Trinajstić information content (AvgIpc) is 2.15. The number of hydrogen-bond acceptors (Lipinski definition) is 3. The number of hydrogen-bond donors (Lipinski definition) is 1. The smallest absolute Gasteiger partial charge is 0.265 e. The van der Waals surface area contributed by atoms with Crippen LogP contribution in [-0.4, -0.2) is 19.1 Å². The molecule has 0 radical (unpaired) electrons. The minimum Gasteiger partial charge on any atom is -0.268 e. The summed E-state index contributed by atoms with van der Waals surface area (Å²) in [4.78, 5) is 11.8. The molecule has 94 valence electrons. The minimum atomic E-state index is -3.68. The van der Waals surface area contributed by atoms with E-state index in [1.165, 1.54) is 20.8 Å². The van der Waals surface area contributed by atoms with Crippen molar-refractivity contribution in [2.75, 3.05) is 0 Å². The van der Waals surface area contributed by atoms with Gasteiger partial charge in [-0.15, -0.1) is 0 Å². The lowest BCUT2D eigenvalue weighted by Crippen LogP contribution is -2.42. The molecule has 0 aliphatic heterocycles. The zero-order chi connectivity index (χ0) is 13.3. The largest absolute Gasteiger partial charge is 0.268 e. The van der Waals surface area contributed by atoms with E-state index in [1.807, 2.05) is 0 Å². The van der Waals surface area contributed by atoms with E-state index in [1.54, 1.807) is 24.3 Å². The Kier molecular flexibility index (Phi) is 3.99. The van der Waals surface area contributed by atoms with Gasteiger partial charge in [-0.2, -0.15) is 0 Å². The van der Waals surface area contributed by atoms with Crippen molar-refractivity contribution >= 4 is 31.9 Å². The zero-order valence-corrected chi connectivity index (χ0v) is 12.2. The third-order valence-electron chi connectivity index (χ3n) is 2.15. The van der Waals surface area contributed by atoms with E-state index >= 15 is 0 Å². The molecule has 1 aromatic carbocycles. The van der Waals surface area contributed by atoms with Crippen LogP contribution >= 0.6 is 15.9 Å². The van der Waals surface area contributed by atoms with Crippen molar-refractivity contribution in [3.8, 4) is 0 Å². The van der Waals surface area contributed by atoms with Crippen molar-refractivity contribution in [3.63, 3.8) is 0 Å². The SMILES string of the molecule is CC(C)(C)S(=O)(=O)NC(=O)c1ccccc1Br. The van der Waals surface area contributed by atoms with Crippen LogP contribution in [0.2, 0.25) is 0 Å². The van der Waals surface area contributed by atoms with Gasteiger partial charge >= 0.3 is 0 Å². The van der Waals surface area contributed by atoms with Crippen molar-refractivity contribution in [2.45, 2.75) is 25.5 Å². The predicted octanol–water partition coefficient (Wildman–Crippen LogP) is 2.31. The summed E-state index contributed by atoms with van der Waals surface area (Å²) in [5.41, 5.74) is 0.292. The first-order chi connectivity index (χ1) is 7.65. The number of amides is 1. The van der Waals surface area contributed by atoms with Gasteiger partial charge in [-0.05, 0) is 48.8 Å². The Hall–Kier alpha value is -0.880. The van der Waals surface area contributed by atoms with Crippen molar-refractivity contribution in [3.05, 3.63) is 34.3 Å². The van der Waals surface area contributed by atoms with Crippen LogP contribution in [0.5, 0.6) is 0 Å². The van der Waals surface area contributed by atoms with Crippen LogP contribution < -0.4 is 4.72 Å². The fourth-order valence-electron chi connectivity index (χ4n) is 0.975. The number of rotatable bonds is 2. The molecule has 1 aromatic rings. The van der Waals surface area contributed by atoms with Gasteiger partial charge in [0.15, 0.2) is 0 Å². The van der Waals surface area contributed by atoms with Crippen LogP contribution in [0.4, 0.5) is 0 Å². The van der Waals surface area contributed by atoms with E-state index in [9.17, 15) is 13.2 Å². The molecule has 0 aliphatic carbocycles. The van der Waals surface area contributed by atoms with Gasteiger partial charge in [0.25, 0.3) is 5.91 Å². The summed E-state index contributed by atoms with van der Waals surface area (Å²) in [7, 11) is -3.68. The van der Waals surface area contributed by atoms with Gasteiger partial charge in [0.05, 0.1) is 10.3 Å². The predicted molar refractivity (Wildman–Crippen MR) is 70.3 cm³/mol. The highest BCUT2D eigenvalue weighted by Gasteiger charge is 2.31. The third kappa shape index (κ3) is 3.29. The molecule has 17 heavy (non-hydrogen) atoms. The van der Waals surface area contributed by atoms with Crippen molar-refractivity contribution in [1.82, 2.24) is 4.72 Å². The highest BCUT2D eigenvalue weighted by molar-refractivity contribution is 9.10. The Morgan fingerprint density at radius 2 is 1.76 bits per heavy atom. The average molecular weight is 320 g/mol. The topological polar surface area (TPSA) is 63.2 Å². The third-order valence-corrected chi connectivity index (χ3v) is 4.91. The van der Waals surface area contributed by atoms with Crippen molar-refractivity contribution < 1.29 is 13.2 Å². The van der Waals surface area contributed by atoms with Gasteiger partial charge in [-0.3, -0.25) is 4.79 Å². The van der Waals surface area contributed by atoms with E-state index in [-0.39, 0.29) is 0 Å². The summed E-state index contributed by atoms with van der Waals surface area (Å²) in [6.45, 7) is 4.59. The first kappa shape index (κ1) is 14.2. The van der Waals surface area contributed by atoms with Crippen molar-refractivity contribution in [1.29, 1.82) is 0 Å². The molecule has 0 fully saturated rings. The van der Waals surface area contributed by atoms with E-state index in [2.05, 4.69) is 20.7 Å². The van der Waals surface area contributed by atoms with Gasteiger partial charge in [-0.1, -0.05) is 12.1 Å². The summed E-state index contributed by atoms with van der Waals surface area (Å²) in [5, 5.41) is 0. The van der Waals surface area contributed by atoms with Gasteiger partial charge < -0.3 is 0 Å². The Morgan fingerprint density at radius 1 is 1.24 bits per heavy atom. The fraction of sp³-hybridized carbons (Fsp3) is 0.364. The molecular weight excluding hydrogens is 306 g/mol. The molecule has 1 N–H and O–H groups in total. The van der Waals surface area contributed by atoms with Crippen LogP contribution in [0.1, 0.15) is 31.1 Å². The number of nitrogens with one attached hydrogen (secondary N) is 1. The molecule has 0 saturated carbocycles. The normalized spacial score (nSPS) is 12.2. The standard InChI is InChI=1S/C11H14BrNO3S/c1-11(2,3)17(15,16)13-10(14)8-6-4-5-7-9(8)12/h4-7H,1-3H3,(H,13,14). The quantitative estimate of drug-likeness (QED) is 0.909. The lowest BCUT2D eigenvalue weighted by Gasteiger charge is -2.19. The Morgan fingerprint density at radius 3 is 2.24 bits per heavy atom.